The molecule has 1 fully saturated rings. The molecule has 2 aromatic carbocycles. The number of nitrogens with zero attached hydrogens (tertiary/aromatic N) is 1. The Morgan fingerprint density at radius 2 is 1.96 bits per heavy atom. The smallest absolute Gasteiger partial charge is 0.225 e. The normalized spacial score (nSPS) is 13.9. The van der Waals surface area contributed by atoms with E-state index >= 15 is 0 Å². The van der Waals surface area contributed by atoms with Crippen molar-refractivity contribution in [2.75, 3.05) is 17.6 Å². The van der Waals surface area contributed by atoms with Gasteiger partial charge in [-0.3, -0.25) is 9.59 Å². The Labute approximate surface area is 152 Å². The van der Waals surface area contributed by atoms with Gasteiger partial charge in [0.25, 0.3) is 0 Å². The second-order valence-corrected chi connectivity index (χ2v) is 7.25. The maximum absolute atomic E-state index is 12.1. The van der Waals surface area contributed by atoms with Gasteiger partial charge in [-0.25, -0.2) is 0 Å². The molecule has 1 N–H and O–H groups in total. The van der Waals surface area contributed by atoms with E-state index in [0.29, 0.717) is 19.4 Å². The number of carbonyl (C=O) groups is 2. The van der Waals surface area contributed by atoms with Gasteiger partial charge in [0.15, 0.2) is 0 Å². The highest BCUT2D eigenvalue weighted by molar-refractivity contribution is 7.99. The van der Waals surface area contributed by atoms with Gasteiger partial charge in [0.2, 0.25) is 11.8 Å². The molecule has 1 aliphatic heterocycles. The van der Waals surface area contributed by atoms with E-state index in [-0.39, 0.29) is 11.8 Å². The Morgan fingerprint density at radius 1 is 1.12 bits per heavy atom. The number of benzene rings is 2. The molecule has 0 bridgehead atoms. The molecule has 0 unspecified atom stereocenters. The summed E-state index contributed by atoms with van der Waals surface area (Å²) in [5.74, 6) is 0.975. The van der Waals surface area contributed by atoms with Crippen molar-refractivity contribution in [3.05, 3.63) is 60.2 Å². The van der Waals surface area contributed by atoms with Crippen LogP contribution in [-0.2, 0) is 16.1 Å². The van der Waals surface area contributed by atoms with Crippen LogP contribution in [0.15, 0.2) is 59.5 Å². The van der Waals surface area contributed by atoms with Gasteiger partial charge in [-0.2, -0.15) is 0 Å². The molecule has 0 spiro atoms. The molecule has 5 heteroatoms. The number of nitrogens with one attached hydrogen (secondary N) is 1. The first-order chi connectivity index (χ1) is 12.2. The van der Waals surface area contributed by atoms with Crippen LogP contribution in [0.4, 0.5) is 5.69 Å². The van der Waals surface area contributed by atoms with Gasteiger partial charge < -0.3 is 10.2 Å². The largest absolute Gasteiger partial charge is 0.338 e. The molecular formula is C20H22N2O2S. The minimum absolute atomic E-state index is 0.0119. The topological polar surface area (TPSA) is 49.4 Å². The molecule has 0 radical (unpaired) electrons. The zero-order valence-electron chi connectivity index (χ0n) is 14.1. The van der Waals surface area contributed by atoms with Crippen molar-refractivity contribution in [3.63, 3.8) is 0 Å². The summed E-state index contributed by atoms with van der Waals surface area (Å²) >= 11 is 1.68. The van der Waals surface area contributed by atoms with Crippen LogP contribution in [0.2, 0.25) is 0 Å². The first-order valence-electron chi connectivity index (χ1n) is 8.55. The predicted octanol–water partition coefficient (Wildman–Crippen LogP) is 3.93. The number of likely N-dealkylation sites (tertiary alicyclic amines) is 1. The molecular weight excluding hydrogens is 332 g/mol. The summed E-state index contributed by atoms with van der Waals surface area (Å²) in [5.41, 5.74) is 1.84. The number of rotatable bonds is 7. The standard InChI is InChI=1S/C20H22N2O2S/c23-19(11-13-25-18-8-2-1-3-9-18)21-17-7-4-6-16(14-17)15-22-12-5-10-20(22)24/h1-4,6-9,14H,5,10-13,15H2,(H,21,23). The Morgan fingerprint density at radius 3 is 2.72 bits per heavy atom. The van der Waals surface area contributed by atoms with Gasteiger partial charge in [-0.05, 0) is 36.2 Å². The molecule has 2 aromatic rings. The molecule has 0 atom stereocenters. The first-order valence-corrected chi connectivity index (χ1v) is 9.54. The molecule has 0 saturated carbocycles. The van der Waals surface area contributed by atoms with Crippen LogP contribution in [0.5, 0.6) is 0 Å². The zero-order chi connectivity index (χ0) is 17.5. The Bertz CT molecular complexity index is 733. The van der Waals surface area contributed by atoms with Crippen molar-refractivity contribution in [1.82, 2.24) is 4.90 Å². The Balaban J connectivity index is 1.47. The quantitative estimate of drug-likeness (QED) is 0.767. The molecule has 0 aliphatic carbocycles. The van der Waals surface area contributed by atoms with Gasteiger partial charge in [-0.15, -0.1) is 11.8 Å². The molecule has 130 valence electrons. The highest BCUT2D eigenvalue weighted by Crippen LogP contribution is 2.19. The molecule has 1 heterocycles. The lowest BCUT2D eigenvalue weighted by molar-refractivity contribution is -0.128. The molecule has 2 amide bonds. The van der Waals surface area contributed by atoms with E-state index in [2.05, 4.69) is 5.32 Å². The van der Waals surface area contributed by atoms with Crippen molar-refractivity contribution >= 4 is 29.3 Å². The maximum atomic E-state index is 12.1. The highest BCUT2D eigenvalue weighted by atomic mass is 32.2. The summed E-state index contributed by atoms with van der Waals surface area (Å²) in [4.78, 5) is 26.9. The second kappa shape index (κ2) is 8.72. The SMILES string of the molecule is O=C(CCSc1ccccc1)Nc1cccc(CN2CCCC2=O)c1. The minimum atomic E-state index is 0.0119. The number of carbonyl (C=O) groups excluding carboxylic acids is 2. The van der Waals surface area contributed by atoms with Crippen LogP contribution < -0.4 is 5.32 Å². The molecule has 25 heavy (non-hydrogen) atoms. The summed E-state index contributed by atoms with van der Waals surface area (Å²) < 4.78 is 0. The Hall–Kier alpha value is -2.27. The number of hydrogen-bond donors (Lipinski definition) is 1. The number of amides is 2. The molecule has 1 aliphatic rings. The Kier molecular flexibility index (Phi) is 6.12. The van der Waals surface area contributed by atoms with Crippen molar-refractivity contribution in [2.45, 2.75) is 30.7 Å². The number of anilines is 1. The average molecular weight is 354 g/mol. The van der Waals surface area contributed by atoms with Crippen LogP contribution in [0.1, 0.15) is 24.8 Å². The van der Waals surface area contributed by atoms with Gasteiger partial charge in [0.1, 0.15) is 0 Å². The second-order valence-electron chi connectivity index (χ2n) is 6.08. The third kappa shape index (κ3) is 5.36. The van der Waals surface area contributed by atoms with Crippen LogP contribution in [0.25, 0.3) is 0 Å². The van der Waals surface area contributed by atoms with Crippen LogP contribution >= 0.6 is 11.8 Å². The van der Waals surface area contributed by atoms with Gasteiger partial charge in [0, 0.05) is 42.3 Å². The summed E-state index contributed by atoms with van der Waals surface area (Å²) in [7, 11) is 0. The van der Waals surface area contributed by atoms with Crippen molar-refractivity contribution in [1.29, 1.82) is 0 Å². The third-order valence-electron chi connectivity index (χ3n) is 4.10. The molecule has 3 rings (SSSR count). The van der Waals surface area contributed by atoms with E-state index in [9.17, 15) is 9.59 Å². The van der Waals surface area contributed by atoms with E-state index in [4.69, 9.17) is 0 Å². The monoisotopic (exact) mass is 354 g/mol. The van der Waals surface area contributed by atoms with Gasteiger partial charge in [0.05, 0.1) is 0 Å². The van der Waals surface area contributed by atoms with E-state index in [1.165, 1.54) is 4.90 Å². The zero-order valence-corrected chi connectivity index (χ0v) is 14.9. The third-order valence-corrected chi connectivity index (χ3v) is 5.11. The average Bonchev–Trinajstić information content (AvgIpc) is 3.01. The fraction of sp³-hybridized carbons (Fsp3) is 0.300. The van der Waals surface area contributed by atoms with E-state index in [1.54, 1.807) is 11.8 Å². The van der Waals surface area contributed by atoms with Crippen LogP contribution in [0.3, 0.4) is 0 Å². The lowest BCUT2D eigenvalue weighted by Crippen LogP contribution is -2.23. The lowest BCUT2D eigenvalue weighted by atomic mass is 10.2. The van der Waals surface area contributed by atoms with Crippen molar-refractivity contribution < 1.29 is 9.59 Å². The van der Waals surface area contributed by atoms with E-state index in [1.807, 2.05) is 59.5 Å². The summed E-state index contributed by atoms with van der Waals surface area (Å²) in [6, 6.07) is 17.8. The summed E-state index contributed by atoms with van der Waals surface area (Å²) in [6.45, 7) is 1.44. The lowest BCUT2D eigenvalue weighted by Gasteiger charge is -2.16. The number of thioether (sulfide) groups is 1. The molecule has 4 nitrogen and oxygen atoms in total. The molecule has 1 saturated heterocycles. The van der Waals surface area contributed by atoms with Crippen molar-refractivity contribution in [2.24, 2.45) is 0 Å². The summed E-state index contributed by atoms with van der Waals surface area (Å²) in [5, 5.41) is 2.95. The minimum Gasteiger partial charge on any atom is -0.338 e. The highest BCUT2D eigenvalue weighted by Gasteiger charge is 2.19. The maximum Gasteiger partial charge on any atom is 0.225 e. The summed E-state index contributed by atoms with van der Waals surface area (Å²) in [6.07, 6.45) is 2.05. The first kappa shape index (κ1) is 17.5. The van der Waals surface area contributed by atoms with Crippen molar-refractivity contribution in [3.8, 4) is 0 Å². The van der Waals surface area contributed by atoms with E-state index in [0.717, 1.165) is 30.0 Å². The fourth-order valence-electron chi connectivity index (χ4n) is 2.84. The molecule has 0 aromatic heterocycles. The van der Waals surface area contributed by atoms with E-state index < -0.39 is 0 Å². The van der Waals surface area contributed by atoms with Crippen LogP contribution in [-0.4, -0.2) is 29.0 Å². The van der Waals surface area contributed by atoms with Gasteiger partial charge in [-0.1, -0.05) is 30.3 Å². The van der Waals surface area contributed by atoms with Gasteiger partial charge >= 0.3 is 0 Å². The number of hydrogen-bond acceptors (Lipinski definition) is 3. The van der Waals surface area contributed by atoms with Crippen LogP contribution in [0, 0.1) is 0 Å². The predicted molar refractivity (Wildman–Crippen MR) is 102 cm³/mol. The fourth-order valence-corrected chi connectivity index (χ4v) is 3.71.